The Balaban J connectivity index is 1.83. The second-order valence-corrected chi connectivity index (χ2v) is 5.35. The molecule has 1 aliphatic rings. The molecule has 0 atom stereocenters. The lowest BCUT2D eigenvalue weighted by Crippen LogP contribution is -2.02. The second-order valence-electron chi connectivity index (χ2n) is 5.35. The van der Waals surface area contributed by atoms with Crippen molar-refractivity contribution in [3.63, 3.8) is 0 Å². The summed E-state index contributed by atoms with van der Waals surface area (Å²) in [6, 6.07) is 9.35. The summed E-state index contributed by atoms with van der Waals surface area (Å²) in [5, 5.41) is 8.99. The van der Waals surface area contributed by atoms with E-state index in [2.05, 4.69) is 6.07 Å². The van der Waals surface area contributed by atoms with Gasteiger partial charge >= 0.3 is 0 Å². The number of hydrogen-bond donors (Lipinski definition) is 0. The zero-order chi connectivity index (χ0) is 14.8. The summed E-state index contributed by atoms with van der Waals surface area (Å²) in [6.45, 7) is 0.580. The molecular formula is C17H16N2O2. The summed E-state index contributed by atoms with van der Waals surface area (Å²) in [4.78, 5) is 12.0. The second kappa shape index (κ2) is 5.45. The van der Waals surface area contributed by atoms with E-state index in [4.69, 9.17) is 10.00 Å². The maximum atomic E-state index is 12.0. The van der Waals surface area contributed by atoms with Crippen molar-refractivity contribution in [3.05, 3.63) is 53.3 Å². The first-order valence-corrected chi connectivity index (χ1v) is 6.98. The van der Waals surface area contributed by atoms with E-state index in [-0.39, 0.29) is 11.7 Å². The SMILES string of the molecule is COc1ccc(C#N)cc1Cn1ccc(C(=O)C2CC2)c1. The Morgan fingerprint density at radius 2 is 2.24 bits per heavy atom. The molecule has 1 fully saturated rings. The van der Waals surface area contributed by atoms with Crippen LogP contribution in [0.2, 0.25) is 0 Å². The van der Waals surface area contributed by atoms with Crippen molar-refractivity contribution in [1.82, 2.24) is 4.57 Å². The minimum atomic E-state index is 0.234. The third-order valence-electron chi connectivity index (χ3n) is 3.75. The molecule has 106 valence electrons. The Bertz CT molecular complexity index is 721. The summed E-state index contributed by atoms with van der Waals surface area (Å²) < 4.78 is 7.28. The molecule has 1 aliphatic carbocycles. The fourth-order valence-corrected chi connectivity index (χ4v) is 2.43. The third kappa shape index (κ3) is 2.82. The van der Waals surface area contributed by atoms with Gasteiger partial charge in [0.1, 0.15) is 5.75 Å². The van der Waals surface area contributed by atoms with Crippen LogP contribution < -0.4 is 4.74 Å². The molecule has 0 spiro atoms. The summed E-state index contributed by atoms with van der Waals surface area (Å²) in [6.07, 6.45) is 5.80. The largest absolute Gasteiger partial charge is 0.496 e. The van der Waals surface area contributed by atoms with E-state index in [9.17, 15) is 4.79 Å². The van der Waals surface area contributed by atoms with Gasteiger partial charge in [0, 0.05) is 29.4 Å². The van der Waals surface area contributed by atoms with Gasteiger partial charge in [-0.15, -0.1) is 0 Å². The minimum Gasteiger partial charge on any atom is -0.496 e. The molecule has 4 heteroatoms. The molecule has 1 saturated carbocycles. The Labute approximate surface area is 123 Å². The molecule has 4 nitrogen and oxygen atoms in total. The van der Waals surface area contributed by atoms with Gasteiger partial charge in [0.05, 0.1) is 25.3 Å². The number of aromatic nitrogens is 1. The normalized spacial score (nSPS) is 13.7. The molecule has 2 aromatic rings. The molecule has 0 bridgehead atoms. The number of nitrogens with zero attached hydrogens (tertiary/aromatic N) is 2. The Hall–Kier alpha value is -2.54. The van der Waals surface area contributed by atoms with Crippen molar-refractivity contribution in [3.8, 4) is 11.8 Å². The van der Waals surface area contributed by atoms with Crippen LogP contribution in [0.4, 0.5) is 0 Å². The molecule has 1 heterocycles. The zero-order valence-corrected chi connectivity index (χ0v) is 11.9. The van der Waals surface area contributed by atoms with Crippen LogP contribution in [0.15, 0.2) is 36.7 Å². The van der Waals surface area contributed by atoms with E-state index in [1.807, 2.05) is 29.1 Å². The van der Waals surface area contributed by atoms with Gasteiger partial charge in [0.2, 0.25) is 0 Å². The van der Waals surface area contributed by atoms with Crippen LogP contribution in [0, 0.1) is 17.2 Å². The van der Waals surface area contributed by atoms with Crippen LogP contribution in [-0.2, 0) is 6.54 Å². The van der Waals surface area contributed by atoms with E-state index in [0.717, 1.165) is 29.7 Å². The number of carbonyl (C=O) groups excluding carboxylic acids is 1. The quantitative estimate of drug-likeness (QED) is 0.791. The Morgan fingerprint density at radius 1 is 1.43 bits per heavy atom. The van der Waals surface area contributed by atoms with E-state index in [0.29, 0.717) is 12.1 Å². The fourth-order valence-electron chi connectivity index (χ4n) is 2.43. The van der Waals surface area contributed by atoms with E-state index in [1.54, 1.807) is 19.2 Å². The predicted octanol–water partition coefficient (Wildman–Crippen LogP) is 3.01. The van der Waals surface area contributed by atoms with Gasteiger partial charge in [-0.1, -0.05) is 0 Å². The number of carbonyl (C=O) groups is 1. The highest BCUT2D eigenvalue weighted by atomic mass is 16.5. The molecule has 0 radical (unpaired) electrons. The van der Waals surface area contributed by atoms with E-state index in [1.165, 1.54) is 0 Å². The Kier molecular flexibility index (Phi) is 3.49. The number of ether oxygens (including phenoxy) is 1. The van der Waals surface area contributed by atoms with Gasteiger partial charge in [0.25, 0.3) is 0 Å². The maximum Gasteiger partial charge on any atom is 0.167 e. The van der Waals surface area contributed by atoms with Gasteiger partial charge in [-0.05, 0) is 37.1 Å². The van der Waals surface area contributed by atoms with Crippen LogP contribution in [0.1, 0.15) is 34.3 Å². The monoisotopic (exact) mass is 280 g/mol. The number of Topliss-reactive ketones (excluding diaryl/α,β-unsaturated/α-hetero) is 1. The van der Waals surface area contributed by atoms with Crippen LogP contribution in [0.3, 0.4) is 0 Å². The van der Waals surface area contributed by atoms with Gasteiger partial charge < -0.3 is 9.30 Å². The number of ketones is 1. The Morgan fingerprint density at radius 3 is 2.90 bits per heavy atom. The lowest BCUT2D eigenvalue weighted by atomic mass is 10.1. The topological polar surface area (TPSA) is 55.0 Å². The average molecular weight is 280 g/mol. The van der Waals surface area contributed by atoms with Crippen molar-refractivity contribution in [2.45, 2.75) is 19.4 Å². The van der Waals surface area contributed by atoms with Gasteiger partial charge in [0.15, 0.2) is 5.78 Å². The van der Waals surface area contributed by atoms with Crippen LogP contribution in [0.5, 0.6) is 5.75 Å². The van der Waals surface area contributed by atoms with Crippen molar-refractivity contribution >= 4 is 5.78 Å². The number of rotatable bonds is 5. The lowest BCUT2D eigenvalue weighted by molar-refractivity contribution is 0.0967. The summed E-state index contributed by atoms with van der Waals surface area (Å²) in [5.74, 6) is 1.22. The number of methoxy groups -OCH3 is 1. The fraction of sp³-hybridized carbons (Fsp3) is 0.294. The summed E-state index contributed by atoms with van der Waals surface area (Å²) in [7, 11) is 1.61. The molecule has 0 unspecified atom stereocenters. The molecule has 0 aliphatic heterocycles. The number of nitriles is 1. The van der Waals surface area contributed by atoms with Gasteiger partial charge in [-0.25, -0.2) is 0 Å². The van der Waals surface area contributed by atoms with E-state index < -0.39 is 0 Å². The summed E-state index contributed by atoms with van der Waals surface area (Å²) in [5.41, 5.74) is 2.30. The van der Waals surface area contributed by atoms with Gasteiger partial charge in [-0.3, -0.25) is 4.79 Å². The first-order chi connectivity index (χ1) is 10.2. The maximum absolute atomic E-state index is 12.0. The first-order valence-electron chi connectivity index (χ1n) is 6.98. The number of benzene rings is 1. The van der Waals surface area contributed by atoms with E-state index >= 15 is 0 Å². The number of hydrogen-bond acceptors (Lipinski definition) is 3. The first kappa shape index (κ1) is 13.4. The molecular weight excluding hydrogens is 264 g/mol. The smallest absolute Gasteiger partial charge is 0.167 e. The third-order valence-corrected chi connectivity index (χ3v) is 3.75. The predicted molar refractivity (Wildman–Crippen MR) is 78.3 cm³/mol. The standard InChI is InChI=1S/C17H16N2O2/c1-21-16-5-2-12(9-18)8-15(16)11-19-7-6-14(10-19)17(20)13-3-4-13/h2,5-8,10,13H,3-4,11H2,1H3. The van der Waals surface area contributed by atoms with Crippen molar-refractivity contribution in [1.29, 1.82) is 5.26 Å². The lowest BCUT2D eigenvalue weighted by Gasteiger charge is -2.09. The molecule has 0 amide bonds. The molecule has 0 saturated heterocycles. The highest BCUT2D eigenvalue weighted by Crippen LogP contribution is 2.32. The molecule has 21 heavy (non-hydrogen) atoms. The molecule has 0 N–H and O–H groups in total. The minimum absolute atomic E-state index is 0.234. The zero-order valence-electron chi connectivity index (χ0n) is 11.9. The highest BCUT2D eigenvalue weighted by molar-refractivity contribution is 5.99. The van der Waals surface area contributed by atoms with Crippen molar-refractivity contribution < 1.29 is 9.53 Å². The highest BCUT2D eigenvalue weighted by Gasteiger charge is 2.30. The summed E-state index contributed by atoms with van der Waals surface area (Å²) >= 11 is 0. The molecule has 3 rings (SSSR count). The van der Waals surface area contributed by atoms with Crippen LogP contribution in [-0.4, -0.2) is 17.5 Å². The van der Waals surface area contributed by atoms with Crippen LogP contribution in [0.25, 0.3) is 0 Å². The van der Waals surface area contributed by atoms with Crippen molar-refractivity contribution in [2.75, 3.05) is 7.11 Å². The average Bonchev–Trinajstić information content (AvgIpc) is 3.26. The molecule has 1 aromatic carbocycles. The van der Waals surface area contributed by atoms with Crippen molar-refractivity contribution in [2.24, 2.45) is 5.92 Å². The van der Waals surface area contributed by atoms with Crippen LogP contribution >= 0.6 is 0 Å². The van der Waals surface area contributed by atoms with Gasteiger partial charge in [-0.2, -0.15) is 5.26 Å². The molecule has 1 aromatic heterocycles.